The average molecular weight is 303 g/mol. The second-order valence-corrected chi connectivity index (χ2v) is 6.00. The van der Waals surface area contributed by atoms with Crippen molar-refractivity contribution in [2.75, 3.05) is 5.32 Å². The van der Waals surface area contributed by atoms with Crippen molar-refractivity contribution in [3.05, 3.63) is 29.8 Å². The minimum absolute atomic E-state index is 0.255. The second-order valence-electron chi connectivity index (χ2n) is 5.59. The number of thiocarbonyl (C=S) groups is 1. The molecule has 1 aromatic carbocycles. The van der Waals surface area contributed by atoms with Gasteiger partial charge in [-0.1, -0.05) is 26.0 Å². The standard InChI is InChI=1S/C16H21N3OS/c1-11(2)12-6-8-13(9-7-12)17-16(21)19-18-14-4-3-5-15(20)10-14/h6-9,11H,3-5,10H2,1-2H3,(H2,17,19,21). The zero-order chi connectivity index (χ0) is 15.2. The molecule has 0 spiro atoms. The molecule has 1 aliphatic rings. The van der Waals surface area contributed by atoms with Crippen LogP contribution in [0.1, 0.15) is 51.0 Å². The Hall–Kier alpha value is -1.75. The number of nitrogens with zero attached hydrogens (tertiary/aromatic N) is 1. The summed E-state index contributed by atoms with van der Waals surface area (Å²) in [5, 5.41) is 7.75. The van der Waals surface area contributed by atoms with E-state index in [-0.39, 0.29) is 5.78 Å². The Kier molecular flexibility index (Phi) is 5.44. The molecule has 0 bridgehead atoms. The Bertz CT molecular complexity index is 549. The molecule has 0 amide bonds. The molecule has 0 aromatic heterocycles. The fraction of sp³-hybridized carbons (Fsp3) is 0.438. The maximum absolute atomic E-state index is 11.3. The van der Waals surface area contributed by atoms with Crippen LogP contribution in [0.15, 0.2) is 29.4 Å². The molecule has 0 aliphatic heterocycles. The SMILES string of the molecule is CC(C)c1ccc(NC(=S)NN=C2CCCC(=O)C2)cc1. The lowest BCUT2D eigenvalue weighted by Gasteiger charge is -2.13. The van der Waals surface area contributed by atoms with Gasteiger partial charge in [0.25, 0.3) is 0 Å². The van der Waals surface area contributed by atoms with E-state index in [0.717, 1.165) is 24.2 Å². The normalized spacial score (nSPS) is 17.1. The fourth-order valence-electron chi connectivity index (χ4n) is 2.23. The molecule has 2 rings (SSSR count). The smallest absolute Gasteiger partial charge is 0.191 e. The van der Waals surface area contributed by atoms with Gasteiger partial charge in [0.1, 0.15) is 5.78 Å². The van der Waals surface area contributed by atoms with E-state index >= 15 is 0 Å². The fourth-order valence-corrected chi connectivity index (χ4v) is 2.39. The van der Waals surface area contributed by atoms with Crippen LogP contribution in [0.25, 0.3) is 0 Å². The van der Waals surface area contributed by atoms with Crippen molar-refractivity contribution in [3.8, 4) is 0 Å². The molecule has 0 radical (unpaired) electrons. The minimum atomic E-state index is 0.255. The first-order valence-corrected chi connectivity index (χ1v) is 7.69. The van der Waals surface area contributed by atoms with Gasteiger partial charge in [-0.05, 0) is 48.7 Å². The molecule has 0 unspecified atom stereocenters. The zero-order valence-corrected chi connectivity index (χ0v) is 13.3. The summed E-state index contributed by atoms with van der Waals surface area (Å²) in [5.41, 5.74) is 5.91. The Morgan fingerprint density at radius 3 is 2.57 bits per heavy atom. The Balaban J connectivity index is 1.86. The third-order valence-corrected chi connectivity index (χ3v) is 3.67. The van der Waals surface area contributed by atoms with Gasteiger partial charge < -0.3 is 5.32 Å². The topological polar surface area (TPSA) is 53.5 Å². The third kappa shape index (κ3) is 4.93. The molecule has 1 aromatic rings. The van der Waals surface area contributed by atoms with Gasteiger partial charge in [-0.15, -0.1) is 0 Å². The Morgan fingerprint density at radius 2 is 1.95 bits per heavy atom. The van der Waals surface area contributed by atoms with Crippen molar-refractivity contribution >= 4 is 34.5 Å². The maximum atomic E-state index is 11.3. The molecule has 2 N–H and O–H groups in total. The number of rotatable bonds is 3. The molecular weight excluding hydrogens is 282 g/mol. The van der Waals surface area contributed by atoms with E-state index in [1.807, 2.05) is 12.1 Å². The summed E-state index contributed by atoms with van der Waals surface area (Å²) < 4.78 is 0. The van der Waals surface area contributed by atoms with E-state index < -0.39 is 0 Å². The third-order valence-electron chi connectivity index (χ3n) is 3.47. The highest BCUT2D eigenvalue weighted by Gasteiger charge is 2.14. The molecular formula is C16H21N3OS. The van der Waals surface area contributed by atoms with Crippen LogP contribution in [0.4, 0.5) is 5.69 Å². The molecule has 1 fully saturated rings. The first kappa shape index (κ1) is 15.6. The van der Waals surface area contributed by atoms with E-state index in [0.29, 0.717) is 23.9 Å². The van der Waals surface area contributed by atoms with Crippen LogP contribution in [0.2, 0.25) is 0 Å². The lowest BCUT2D eigenvalue weighted by Crippen LogP contribution is -2.26. The van der Waals surface area contributed by atoms with E-state index in [2.05, 4.69) is 41.8 Å². The zero-order valence-electron chi connectivity index (χ0n) is 12.5. The lowest BCUT2D eigenvalue weighted by atomic mass is 9.97. The van der Waals surface area contributed by atoms with Gasteiger partial charge in [0, 0.05) is 24.2 Å². The van der Waals surface area contributed by atoms with Crippen molar-refractivity contribution in [2.24, 2.45) is 5.10 Å². The Labute approximate surface area is 131 Å². The van der Waals surface area contributed by atoms with E-state index in [4.69, 9.17) is 12.2 Å². The van der Waals surface area contributed by atoms with Crippen LogP contribution in [0, 0.1) is 0 Å². The van der Waals surface area contributed by atoms with Crippen molar-refractivity contribution < 1.29 is 4.79 Å². The number of ketones is 1. The van der Waals surface area contributed by atoms with Crippen LogP contribution in [0.5, 0.6) is 0 Å². The van der Waals surface area contributed by atoms with Crippen molar-refractivity contribution in [1.82, 2.24) is 5.43 Å². The predicted octanol–water partition coefficient (Wildman–Crippen LogP) is 3.60. The number of hydrogen-bond donors (Lipinski definition) is 2. The first-order chi connectivity index (χ1) is 10.0. The number of carbonyl (C=O) groups excluding carboxylic acids is 1. The molecule has 0 atom stereocenters. The molecule has 1 aliphatic carbocycles. The number of carbonyl (C=O) groups is 1. The van der Waals surface area contributed by atoms with Gasteiger partial charge in [-0.3, -0.25) is 10.2 Å². The summed E-state index contributed by atoms with van der Waals surface area (Å²) in [5.74, 6) is 0.768. The van der Waals surface area contributed by atoms with Gasteiger partial charge in [-0.25, -0.2) is 0 Å². The summed E-state index contributed by atoms with van der Waals surface area (Å²) in [4.78, 5) is 11.3. The highest BCUT2D eigenvalue weighted by Crippen LogP contribution is 2.17. The molecule has 112 valence electrons. The summed E-state index contributed by atoms with van der Waals surface area (Å²) in [6, 6.07) is 8.17. The number of nitrogens with one attached hydrogen (secondary N) is 2. The molecule has 0 heterocycles. The van der Waals surface area contributed by atoms with Crippen LogP contribution in [0.3, 0.4) is 0 Å². The number of anilines is 1. The number of hydrogen-bond acceptors (Lipinski definition) is 3. The highest BCUT2D eigenvalue weighted by molar-refractivity contribution is 7.80. The Morgan fingerprint density at radius 1 is 1.24 bits per heavy atom. The van der Waals surface area contributed by atoms with Gasteiger partial charge in [0.2, 0.25) is 0 Å². The predicted molar refractivity (Wildman–Crippen MR) is 90.8 cm³/mol. The van der Waals surface area contributed by atoms with Crippen molar-refractivity contribution in [1.29, 1.82) is 0 Å². The van der Waals surface area contributed by atoms with Gasteiger partial charge in [-0.2, -0.15) is 5.10 Å². The number of hydrazone groups is 1. The van der Waals surface area contributed by atoms with Crippen LogP contribution in [-0.2, 0) is 4.79 Å². The largest absolute Gasteiger partial charge is 0.331 e. The van der Waals surface area contributed by atoms with Crippen LogP contribution >= 0.6 is 12.2 Å². The van der Waals surface area contributed by atoms with Crippen LogP contribution in [-0.4, -0.2) is 16.6 Å². The maximum Gasteiger partial charge on any atom is 0.191 e. The summed E-state index contributed by atoms with van der Waals surface area (Å²) in [6.07, 6.45) is 2.86. The minimum Gasteiger partial charge on any atom is -0.331 e. The van der Waals surface area contributed by atoms with Crippen molar-refractivity contribution in [2.45, 2.75) is 45.4 Å². The van der Waals surface area contributed by atoms with Gasteiger partial charge in [0.15, 0.2) is 5.11 Å². The monoisotopic (exact) mass is 303 g/mol. The summed E-state index contributed by atoms with van der Waals surface area (Å²) in [6.45, 7) is 4.33. The average Bonchev–Trinajstić information content (AvgIpc) is 2.46. The van der Waals surface area contributed by atoms with Gasteiger partial charge in [0.05, 0.1) is 0 Å². The first-order valence-electron chi connectivity index (χ1n) is 7.28. The highest BCUT2D eigenvalue weighted by atomic mass is 32.1. The molecule has 0 saturated heterocycles. The molecule has 4 nitrogen and oxygen atoms in total. The number of Topliss-reactive ketones (excluding diaryl/α,β-unsaturated/α-hetero) is 1. The van der Waals surface area contributed by atoms with E-state index in [1.54, 1.807) is 0 Å². The lowest BCUT2D eigenvalue weighted by molar-refractivity contribution is -0.118. The molecule has 5 heteroatoms. The van der Waals surface area contributed by atoms with E-state index in [9.17, 15) is 4.79 Å². The van der Waals surface area contributed by atoms with Crippen LogP contribution < -0.4 is 10.7 Å². The molecule has 21 heavy (non-hydrogen) atoms. The summed E-state index contributed by atoms with van der Waals surface area (Å²) in [7, 11) is 0. The van der Waals surface area contributed by atoms with Gasteiger partial charge >= 0.3 is 0 Å². The second kappa shape index (κ2) is 7.31. The number of benzene rings is 1. The summed E-state index contributed by atoms with van der Waals surface area (Å²) >= 11 is 5.20. The van der Waals surface area contributed by atoms with Crippen molar-refractivity contribution in [3.63, 3.8) is 0 Å². The quantitative estimate of drug-likeness (QED) is 0.662. The molecule has 1 saturated carbocycles. The van der Waals surface area contributed by atoms with E-state index in [1.165, 1.54) is 5.56 Å².